The third-order valence-corrected chi connectivity index (χ3v) is 3.82. The first-order valence-corrected chi connectivity index (χ1v) is 6.68. The van der Waals surface area contributed by atoms with E-state index in [2.05, 4.69) is 18.2 Å². The van der Waals surface area contributed by atoms with Gasteiger partial charge in [-0.25, -0.2) is 0 Å². The van der Waals surface area contributed by atoms with Crippen LogP contribution in [0.3, 0.4) is 0 Å². The summed E-state index contributed by atoms with van der Waals surface area (Å²) in [6.45, 7) is 1.62. The molecule has 0 spiro atoms. The van der Waals surface area contributed by atoms with E-state index in [0.29, 0.717) is 0 Å². The lowest BCUT2D eigenvalue weighted by atomic mass is 9.88. The molecule has 2 radical (unpaired) electrons. The quantitative estimate of drug-likeness (QED) is 0.558. The van der Waals surface area contributed by atoms with E-state index in [1.165, 1.54) is 22.3 Å². The van der Waals surface area contributed by atoms with Crippen molar-refractivity contribution in [3.05, 3.63) is 53.1 Å². The summed E-state index contributed by atoms with van der Waals surface area (Å²) in [6, 6.07) is 12.2. The minimum absolute atomic E-state index is 0.129. The number of rotatable bonds is 1. The van der Waals surface area contributed by atoms with Gasteiger partial charge in [0.05, 0.1) is 0 Å². The second kappa shape index (κ2) is 4.69. The first-order valence-electron chi connectivity index (χ1n) is 6.68. The lowest BCUT2D eigenvalue weighted by Crippen LogP contribution is -2.04. The molecule has 0 N–H and O–H groups in total. The third-order valence-electron chi connectivity index (χ3n) is 3.82. The Hall–Kier alpha value is -1.83. The van der Waals surface area contributed by atoms with Crippen molar-refractivity contribution in [3.8, 4) is 11.1 Å². The molecule has 0 aromatic heterocycles. The number of carbonyl (C=O) groups excluding carboxylic acids is 1. The van der Waals surface area contributed by atoms with Crippen LogP contribution in [0, 0.1) is 0 Å². The van der Waals surface area contributed by atoms with Gasteiger partial charge in [0.1, 0.15) is 7.85 Å². The highest BCUT2D eigenvalue weighted by molar-refractivity contribution is 6.32. The number of fused-ring (bicyclic) bond motifs is 3. The first kappa shape index (κ1) is 12.2. The van der Waals surface area contributed by atoms with Crippen molar-refractivity contribution in [2.45, 2.75) is 26.2 Å². The number of carbonyl (C=O) groups is 1. The average Bonchev–Trinajstić information content (AvgIpc) is 2.56. The summed E-state index contributed by atoms with van der Waals surface area (Å²) < 4.78 is 0. The van der Waals surface area contributed by atoms with Crippen LogP contribution in [0.15, 0.2) is 36.4 Å². The molecule has 2 heteroatoms. The van der Waals surface area contributed by atoms with Crippen LogP contribution in [0.25, 0.3) is 11.1 Å². The van der Waals surface area contributed by atoms with Gasteiger partial charge >= 0.3 is 0 Å². The molecule has 1 aliphatic carbocycles. The molecule has 0 bridgehead atoms. The van der Waals surface area contributed by atoms with E-state index in [9.17, 15) is 4.79 Å². The molecule has 0 amide bonds. The van der Waals surface area contributed by atoms with Crippen LogP contribution in [-0.4, -0.2) is 13.6 Å². The van der Waals surface area contributed by atoms with Crippen LogP contribution in [0.5, 0.6) is 0 Å². The number of hydrogen-bond donors (Lipinski definition) is 0. The smallest absolute Gasteiger partial charge is 0.159 e. The SMILES string of the molecule is [B]c1ccc2c(c1)CCCc1cc(C(C)=O)ccc1-2. The Morgan fingerprint density at radius 2 is 1.63 bits per heavy atom. The molecule has 0 saturated heterocycles. The fourth-order valence-electron chi connectivity index (χ4n) is 2.83. The predicted molar refractivity (Wildman–Crippen MR) is 79.3 cm³/mol. The number of aryl methyl sites for hydroxylation is 2. The molecule has 19 heavy (non-hydrogen) atoms. The van der Waals surface area contributed by atoms with Gasteiger partial charge in [0.25, 0.3) is 0 Å². The lowest BCUT2D eigenvalue weighted by Gasteiger charge is -2.11. The van der Waals surface area contributed by atoms with Crippen molar-refractivity contribution < 1.29 is 4.79 Å². The zero-order valence-corrected chi connectivity index (χ0v) is 11.1. The minimum atomic E-state index is 0.129. The fourth-order valence-corrected chi connectivity index (χ4v) is 2.83. The van der Waals surface area contributed by atoms with Crippen LogP contribution in [0.4, 0.5) is 0 Å². The summed E-state index contributed by atoms with van der Waals surface area (Å²) >= 11 is 0. The van der Waals surface area contributed by atoms with Gasteiger partial charge in [0, 0.05) is 5.56 Å². The maximum atomic E-state index is 11.5. The van der Waals surface area contributed by atoms with Crippen molar-refractivity contribution in [3.63, 3.8) is 0 Å². The van der Waals surface area contributed by atoms with Crippen molar-refractivity contribution in [1.29, 1.82) is 0 Å². The molecule has 2 aromatic carbocycles. The van der Waals surface area contributed by atoms with Crippen LogP contribution < -0.4 is 5.46 Å². The summed E-state index contributed by atoms with van der Waals surface area (Å²) in [7, 11) is 5.87. The third kappa shape index (κ3) is 2.23. The summed E-state index contributed by atoms with van der Waals surface area (Å²) in [5.74, 6) is 0.129. The average molecular weight is 246 g/mol. The van der Waals surface area contributed by atoms with E-state index >= 15 is 0 Å². The van der Waals surface area contributed by atoms with Crippen LogP contribution in [0.1, 0.15) is 34.8 Å². The molecule has 0 saturated carbocycles. The number of benzene rings is 2. The van der Waals surface area contributed by atoms with E-state index in [4.69, 9.17) is 7.85 Å². The number of Topliss-reactive ketones (excluding diaryl/α,β-unsaturated/α-hetero) is 1. The monoisotopic (exact) mass is 246 g/mol. The van der Waals surface area contributed by atoms with Gasteiger partial charge in [0.2, 0.25) is 0 Å². The van der Waals surface area contributed by atoms with Gasteiger partial charge in [-0.05, 0) is 54.5 Å². The van der Waals surface area contributed by atoms with E-state index in [1.807, 2.05) is 18.2 Å². The molecule has 0 atom stereocenters. The molecule has 0 heterocycles. The van der Waals surface area contributed by atoms with Crippen molar-refractivity contribution in [2.24, 2.45) is 0 Å². The van der Waals surface area contributed by atoms with Crippen molar-refractivity contribution in [1.82, 2.24) is 0 Å². The Labute approximate surface area is 115 Å². The number of ketones is 1. The summed E-state index contributed by atoms with van der Waals surface area (Å²) in [5.41, 5.74) is 6.72. The normalized spacial score (nSPS) is 13.3. The molecule has 3 rings (SSSR count). The van der Waals surface area contributed by atoms with Crippen molar-refractivity contribution >= 4 is 19.1 Å². The molecule has 1 aliphatic rings. The molecular weight excluding hydrogens is 231 g/mol. The highest BCUT2D eigenvalue weighted by Crippen LogP contribution is 2.32. The fraction of sp³-hybridized carbons (Fsp3) is 0.235. The van der Waals surface area contributed by atoms with Gasteiger partial charge in [-0.1, -0.05) is 35.8 Å². The van der Waals surface area contributed by atoms with Crippen LogP contribution >= 0.6 is 0 Å². The summed E-state index contributed by atoms with van der Waals surface area (Å²) in [5, 5.41) is 0. The second-order valence-corrected chi connectivity index (χ2v) is 5.20. The van der Waals surface area contributed by atoms with E-state index in [1.54, 1.807) is 6.92 Å². The molecule has 0 fully saturated rings. The zero-order chi connectivity index (χ0) is 13.4. The zero-order valence-electron chi connectivity index (χ0n) is 11.1. The molecule has 92 valence electrons. The topological polar surface area (TPSA) is 17.1 Å². The molecular formula is C17H15BO. The Balaban J connectivity index is 2.18. The highest BCUT2D eigenvalue weighted by Gasteiger charge is 2.15. The Kier molecular flexibility index (Phi) is 3.02. The molecule has 0 unspecified atom stereocenters. The van der Waals surface area contributed by atoms with E-state index in [0.717, 1.165) is 30.3 Å². The van der Waals surface area contributed by atoms with Gasteiger partial charge in [0.15, 0.2) is 5.78 Å². The Morgan fingerprint density at radius 1 is 1.00 bits per heavy atom. The molecule has 2 aromatic rings. The second-order valence-electron chi connectivity index (χ2n) is 5.20. The highest BCUT2D eigenvalue weighted by atomic mass is 16.1. The Bertz CT molecular complexity index is 658. The molecule has 1 nitrogen and oxygen atoms in total. The maximum Gasteiger partial charge on any atom is 0.159 e. The molecule has 0 aliphatic heterocycles. The lowest BCUT2D eigenvalue weighted by molar-refractivity contribution is 0.101. The van der Waals surface area contributed by atoms with Crippen molar-refractivity contribution in [2.75, 3.05) is 0 Å². The summed E-state index contributed by atoms with van der Waals surface area (Å²) in [4.78, 5) is 11.5. The van der Waals surface area contributed by atoms with Crippen LogP contribution in [-0.2, 0) is 12.8 Å². The van der Waals surface area contributed by atoms with Gasteiger partial charge < -0.3 is 0 Å². The minimum Gasteiger partial charge on any atom is -0.295 e. The van der Waals surface area contributed by atoms with Gasteiger partial charge in [-0.2, -0.15) is 0 Å². The van der Waals surface area contributed by atoms with Gasteiger partial charge in [-0.15, -0.1) is 0 Å². The van der Waals surface area contributed by atoms with E-state index in [-0.39, 0.29) is 5.78 Å². The summed E-state index contributed by atoms with van der Waals surface area (Å²) in [6.07, 6.45) is 3.17. The Morgan fingerprint density at radius 3 is 2.32 bits per heavy atom. The standard InChI is InChI=1S/C17H15BO/c1-11(19)12-5-7-16-13(9-12)3-2-4-14-10-15(18)6-8-17(14)16/h5-10H,2-4H2,1H3. The van der Waals surface area contributed by atoms with Gasteiger partial charge in [-0.3, -0.25) is 4.79 Å². The first-order chi connectivity index (χ1) is 9.15. The van der Waals surface area contributed by atoms with Crippen LogP contribution in [0.2, 0.25) is 0 Å². The number of hydrogen-bond acceptors (Lipinski definition) is 1. The van der Waals surface area contributed by atoms with E-state index < -0.39 is 0 Å². The largest absolute Gasteiger partial charge is 0.295 e. The predicted octanol–water partition coefficient (Wildman–Crippen LogP) is 2.84. The maximum absolute atomic E-state index is 11.5.